The third-order valence-electron chi connectivity index (χ3n) is 5.45. The fourth-order valence-corrected chi connectivity index (χ4v) is 4.63. The number of hydrogen-bond acceptors (Lipinski definition) is 5. The molecule has 0 spiro atoms. The summed E-state index contributed by atoms with van der Waals surface area (Å²) in [6, 6.07) is 9.05. The first-order valence-corrected chi connectivity index (χ1v) is 11.7. The molecule has 34 heavy (non-hydrogen) atoms. The topological polar surface area (TPSA) is 48.5 Å². The SMILES string of the molecule is O=C(CN1CCN(Cc2nc(-c3ccc(F)cc3)cs2)CC1)Nc1cc(C(F)(F)F)ccc1Cl. The highest BCUT2D eigenvalue weighted by Gasteiger charge is 2.31. The Balaban J connectivity index is 1.26. The van der Waals surface area contributed by atoms with Crippen LogP contribution in [-0.4, -0.2) is 53.4 Å². The molecule has 1 amide bonds. The van der Waals surface area contributed by atoms with Crippen LogP contribution in [0.15, 0.2) is 47.8 Å². The number of alkyl halides is 3. The van der Waals surface area contributed by atoms with Crippen molar-refractivity contribution in [2.24, 2.45) is 0 Å². The molecule has 0 aliphatic carbocycles. The molecule has 11 heteroatoms. The molecule has 0 saturated carbocycles. The van der Waals surface area contributed by atoms with Gasteiger partial charge >= 0.3 is 6.18 Å². The number of piperazine rings is 1. The third-order valence-corrected chi connectivity index (χ3v) is 6.61. The zero-order valence-electron chi connectivity index (χ0n) is 17.9. The maximum absolute atomic E-state index is 13.1. The van der Waals surface area contributed by atoms with Crippen LogP contribution < -0.4 is 5.32 Å². The zero-order chi connectivity index (χ0) is 24.3. The van der Waals surface area contributed by atoms with Crippen molar-refractivity contribution in [3.8, 4) is 11.3 Å². The highest BCUT2D eigenvalue weighted by atomic mass is 35.5. The Bertz CT molecular complexity index is 1140. The molecule has 5 nitrogen and oxygen atoms in total. The molecule has 0 bridgehead atoms. The van der Waals surface area contributed by atoms with Crippen molar-refractivity contribution in [1.29, 1.82) is 0 Å². The minimum atomic E-state index is -4.52. The molecule has 3 aromatic rings. The van der Waals surface area contributed by atoms with Crippen LogP contribution in [0.2, 0.25) is 5.02 Å². The molecule has 1 N–H and O–H groups in total. The van der Waals surface area contributed by atoms with Crippen LogP contribution in [0.5, 0.6) is 0 Å². The number of aromatic nitrogens is 1. The van der Waals surface area contributed by atoms with E-state index in [0.717, 1.165) is 47.6 Å². The number of thiazole rings is 1. The Morgan fingerprint density at radius 2 is 1.74 bits per heavy atom. The largest absolute Gasteiger partial charge is 0.416 e. The van der Waals surface area contributed by atoms with E-state index in [1.807, 2.05) is 10.3 Å². The fourth-order valence-electron chi connectivity index (χ4n) is 3.62. The van der Waals surface area contributed by atoms with Crippen molar-refractivity contribution < 1.29 is 22.4 Å². The molecule has 0 unspecified atom stereocenters. The molecule has 1 aliphatic heterocycles. The van der Waals surface area contributed by atoms with Crippen LogP contribution in [-0.2, 0) is 17.5 Å². The van der Waals surface area contributed by atoms with Crippen LogP contribution >= 0.6 is 22.9 Å². The Kier molecular flexibility index (Phi) is 7.51. The normalized spacial score (nSPS) is 15.4. The maximum Gasteiger partial charge on any atom is 0.416 e. The molecule has 2 heterocycles. The zero-order valence-corrected chi connectivity index (χ0v) is 19.5. The maximum atomic E-state index is 13.1. The van der Waals surface area contributed by atoms with Gasteiger partial charge in [0, 0.05) is 37.1 Å². The van der Waals surface area contributed by atoms with Crippen molar-refractivity contribution in [2.75, 3.05) is 38.0 Å². The summed E-state index contributed by atoms with van der Waals surface area (Å²) in [6.07, 6.45) is -4.52. The van der Waals surface area contributed by atoms with Gasteiger partial charge in [-0.15, -0.1) is 11.3 Å². The third kappa shape index (κ3) is 6.32. The molecule has 0 atom stereocenters. The average molecular weight is 513 g/mol. The molecule has 1 saturated heterocycles. The number of halogens is 5. The number of benzene rings is 2. The summed E-state index contributed by atoms with van der Waals surface area (Å²) in [7, 11) is 0. The molecule has 1 fully saturated rings. The summed E-state index contributed by atoms with van der Waals surface area (Å²) in [5.74, 6) is -0.706. The number of carbonyl (C=O) groups excluding carboxylic acids is 1. The predicted molar refractivity (Wildman–Crippen MR) is 124 cm³/mol. The van der Waals surface area contributed by atoms with E-state index in [1.165, 1.54) is 12.1 Å². The van der Waals surface area contributed by atoms with Gasteiger partial charge in [0.1, 0.15) is 10.8 Å². The van der Waals surface area contributed by atoms with E-state index in [4.69, 9.17) is 11.6 Å². The summed E-state index contributed by atoms with van der Waals surface area (Å²) in [6.45, 7) is 3.46. The number of amides is 1. The first-order chi connectivity index (χ1) is 16.2. The predicted octanol–water partition coefficient (Wildman–Crippen LogP) is 5.38. The summed E-state index contributed by atoms with van der Waals surface area (Å²) >= 11 is 7.50. The molecule has 1 aliphatic rings. The van der Waals surface area contributed by atoms with E-state index in [9.17, 15) is 22.4 Å². The lowest BCUT2D eigenvalue weighted by Gasteiger charge is -2.33. The van der Waals surface area contributed by atoms with Crippen LogP contribution in [0.1, 0.15) is 10.6 Å². The van der Waals surface area contributed by atoms with Crippen molar-refractivity contribution in [3.05, 3.63) is 69.3 Å². The smallest absolute Gasteiger partial charge is 0.324 e. The van der Waals surface area contributed by atoms with E-state index in [2.05, 4.69) is 15.2 Å². The molecule has 4 rings (SSSR count). The monoisotopic (exact) mass is 512 g/mol. The Hall–Kier alpha value is -2.53. The second-order valence-corrected chi connectivity index (χ2v) is 9.28. The molecule has 0 radical (unpaired) electrons. The van der Waals surface area contributed by atoms with Crippen LogP contribution in [0.4, 0.5) is 23.2 Å². The fraction of sp³-hybridized carbons (Fsp3) is 0.304. The van der Waals surface area contributed by atoms with Crippen LogP contribution in [0, 0.1) is 5.82 Å². The lowest BCUT2D eigenvalue weighted by Crippen LogP contribution is -2.48. The average Bonchev–Trinajstić information content (AvgIpc) is 3.25. The lowest BCUT2D eigenvalue weighted by atomic mass is 10.2. The molecular formula is C23H21ClF4N4OS. The molecular weight excluding hydrogens is 492 g/mol. The Morgan fingerprint density at radius 3 is 2.41 bits per heavy atom. The number of anilines is 1. The number of carbonyl (C=O) groups is 1. The molecule has 180 valence electrons. The Labute approximate surface area is 203 Å². The van der Waals surface area contributed by atoms with E-state index >= 15 is 0 Å². The van der Waals surface area contributed by atoms with Gasteiger partial charge in [-0.1, -0.05) is 11.6 Å². The standard InChI is InChI=1S/C23H21ClF4N4OS/c24-18-6-3-16(23(26,27)28)11-19(18)29-21(33)12-31-7-9-32(10-8-31)13-22-30-20(14-34-22)15-1-4-17(25)5-2-15/h1-6,11,14H,7-10,12-13H2,(H,29,33). The van der Waals surface area contributed by atoms with E-state index in [-0.39, 0.29) is 23.1 Å². The summed E-state index contributed by atoms with van der Waals surface area (Å²) in [5.41, 5.74) is 0.746. The summed E-state index contributed by atoms with van der Waals surface area (Å²) < 4.78 is 51.9. The number of nitrogens with zero attached hydrogens (tertiary/aromatic N) is 3. The highest BCUT2D eigenvalue weighted by Crippen LogP contribution is 2.33. The van der Waals surface area contributed by atoms with E-state index < -0.39 is 17.6 Å². The van der Waals surface area contributed by atoms with Gasteiger partial charge in [0.05, 0.1) is 35.1 Å². The van der Waals surface area contributed by atoms with Gasteiger partial charge in [-0.25, -0.2) is 9.37 Å². The second-order valence-electron chi connectivity index (χ2n) is 7.93. The van der Waals surface area contributed by atoms with Gasteiger partial charge in [-0.3, -0.25) is 14.6 Å². The summed E-state index contributed by atoms with van der Waals surface area (Å²) in [4.78, 5) is 21.2. The highest BCUT2D eigenvalue weighted by molar-refractivity contribution is 7.09. The van der Waals surface area contributed by atoms with Gasteiger partial charge in [0.15, 0.2) is 0 Å². The van der Waals surface area contributed by atoms with Crippen LogP contribution in [0.3, 0.4) is 0 Å². The minimum absolute atomic E-state index is 0.0506. The van der Waals surface area contributed by atoms with Crippen molar-refractivity contribution in [3.63, 3.8) is 0 Å². The number of nitrogens with one attached hydrogen (secondary N) is 1. The molecule has 2 aromatic carbocycles. The minimum Gasteiger partial charge on any atom is -0.324 e. The van der Waals surface area contributed by atoms with Gasteiger partial charge in [-0.2, -0.15) is 13.2 Å². The van der Waals surface area contributed by atoms with Crippen LogP contribution in [0.25, 0.3) is 11.3 Å². The first kappa shape index (κ1) is 24.6. The summed E-state index contributed by atoms with van der Waals surface area (Å²) in [5, 5.41) is 5.43. The number of rotatable bonds is 6. The van der Waals surface area contributed by atoms with E-state index in [1.54, 1.807) is 23.5 Å². The molecule has 1 aromatic heterocycles. The Morgan fingerprint density at radius 1 is 1.06 bits per heavy atom. The van der Waals surface area contributed by atoms with Crippen molar-refractivity contribution >= 4 is 34.5 Å². The lowest BCUT2D eigenvalue weighted by molar-refractivity contribution is -0.137. The van der Waals surface area contributed by atoms with Gasteiger partial charge in [-0.05, 0) is 42.5 Å². The first-order valence-electron chi connectivity index (χ1n) is 10.5. The van der Waals surface area contributed by atoms with Crippen molar-refractivity contribution in [1.82, 2.24) is 14.8 Å². The second kappa shape index (κ2) is 10.4. The van der Waals surface area contributed by atoms with E-state index in [0.29, 0.717) is 19.6 Å². The number of hydrogen-bond donors (Lipinski definition) is 1. The van der Waals surface area contributed by atoms with Gasteiger partial charge < -0.3 is 5.32 Å². The quantitative estimate of drug-likeness (QED) is 0.451. The van der Waals surface area contributed by atoms with Gasteiger partial charge in [0.2, 0.25) is 5.91 Å². The van der Waals surface area contributed by atoms with Crippen molar-refractivity contribution in [2.45, 2.75) is 12.7 Å². The van der Waals surface area contributed by atoms with Gasteiger partial charge in [0.25, 0.3) is 0 Å².